The van der Waals surface area contributed by atoms with Gasteiger partial charge in [-0.25, -0.2) is 18.8 Å². The van der Waals surface area contributed by atoms with E-state index < -0.39 is 19.4 Å². The number of anilines is 2. The minimum Gasteiger partial charge on any atom is -0.340 e. The molecule has 2 aromatic heterocycles. The fourth-order valence-corrected chi connectivity index (χ4v) is 2.86. The summed E-state index contributed by atoms with van der Waals surface area (Å²) in [6.45, 7) is -1.75. The molecule has 0 radical (unpaired) electrons. The van der Waals surface area contributed by atoms with Crippen LogP contribution in [0.5, 0.6) is 0 Å². The van der Waals surface area contributed by atoms with E-state index in [0.29, 0.717) is 22.8 Å². The molecule has 7 nitrogen and oxygen atoms in total. The lowest BCUT2D eigenvalue weighted by Crippen LogP contribution is -2.14. The molecule has 136 valence electrons. The Hall–Kier alpha value is -3.49. The van der Waals surface area contributed by atoms with Crippen molar-refractivity contribution in [2.24, 2.45) is 4.99 Å². The summed E-state index contributed by atoms with van der Waals surface area (Å²) in [5.74, 6) is 0.390. The van der Waals surface area contributed by atoms with E-state index in [0.717, 1.165) is 5.56 Å². The van der Waals surface area contributed by atoms with Gasteiger partial charge in [0.25, 0.3) is 5.91 Å². The monoisotopic (exact) mass is 368 g/mol. The summed E-state index contributed by atoms with van der Waals surface area (Å²) in [7, 11) is 0. The van der Waals surface area contributed by atoms with E-state index in [4.69, 9.17) is 0 Å². The third kappa shape index (κ3) is 3.07. The molecule has 0 atom stereocenters. The highest BCUT2D eigenvalue weighted by atomic mass is 19.1. The largest absolute Gasteiger partial charge is 0.340 e. The van der Waals surface area contributed by atoms with E-state index in [9.17, 15) is 13.6 Å². The first-order valence-corrected chi connectivity index (χ1v) is 8.18. The lowest BCUT2D eigenvalue weighted by molar-refractivity contribution is 0.101. The summed E-state index contributed by atoms with van der Waals surface area (Å²) in [6, 6.07) is 9.47. The smallest absolute Gasteiger partial charge is 0.279 e. The SMILES string of the molecule is O=C1N=Cc2cccc(Nc3cccc(-c4nncn4C(CF)CF)n3)c21. The molecule has 1 amide bonds. The number of hydrogen-bond acceptors (Lipinski definition) is 5. The standard InChI is InChI=1S/C18H14F2N6O/c19-7-12(8-20)26-10-22-25-17(26)14-5-2-6-15(24-14)23-13-4-1-3-11-9-21-18(27)16(11)13/h1-6,9-10,12H,7-8H2,(H,23,24). The summed E-state index contributed by atoms with van der Waals surface area (Å²) in [5, 5.41) is 10.8. The van der Waals surface area contributed by atoms with Crippen molar-refractivity contribution in [2.75, 3.05) is 18.7 Å². The van der Waals surface area contributed by atoms with Gasteiger partial charge in [0, 0.05) is 11.8 Å². The van der Waals surface area contributed by atoms with Gasteiger partial charge < -0.3 is 9.88 Å². The number of rotatable bonds is 6. The highest BCUT2D eigenvalue weighted by molar-refractivity contribution is 6.16. The molecular weight excluding hydrogens is 354 g/mol. The predicted octanol–water partition coefficient (Wildman–Crippen LogP) is 3.14. The van der Waals surface area contributed by atoms with E-state index in [-0.39, 0.29) is 11.7 Å². The number of hydrogen-bond donors (Lipinski definition) is 1. The third-order valence-corrected chi connectivity index (χ3v) is 4.20. The number of nitrogens with zero attached hydrogens (tertiary/aromatic N) is 5. The van der Waals surface area contributed by atoms with Crippen LogP contribution in [0.4, 0.5) is 20.3 Å². The Morgan fingerprint density at radius 1 is 1.11 bits per heavy atom. The minimum absolute atomic E-state index is 0.261. The van der Waals surface area contributed by atoms with E-state index in [2.05, 4.69) is 25.5 Å². The van der Waals surface area contributed by atoms with Crippen LogP contribution < -0.4 is 5.32 Å². The molecule has 3 heterocycles. The van der Waals surface area contributed by atoms with Crippen molar-refractivity contribution in [3.8, 4) is 11.5 Å². The van der Waals surface area contributed by atoms with E-state index >= 15 is 0 Å². The number of benzene rings is 1. The molecule has 9 heteroatoms. The number of nitrogens with one attached hydrogen (secondary N) is 1. The molecule has 0 aliphatic carbocycles. The summed E-state index contributed by atoms with van der Waals surface area (Å²) in [5.41, 5.74) is 2.18. The molecule has 1 aliphatic heterocycles. The van der Waals surface area contributed by atoms with E-state index in [1.54, 1.807) is 36.4 Å². The number of carbonyl (C=O) groups excluding carboxylic acids is 1. The zero-order chi connectivity index (χ0) is 18.8. The number of amides is 1. The molecule has 0 saturated heterocycles. The summed E-state index contributed by atoms with van der Waals surface area (Å²) in [4.78, 5) is 20.2. The molecule has 4 rings (SSSR count). The van der Waals surface area contributed by atoms with Crippen molar-refractivity contribution in [1.82, 2.24) is 19.7 Å². The molecule has 0 bridgehead atoms. The van der Waals surface area contributed by atoms with Crippen LogP contribution in [0.2, 0.25) is 0 Å². The fraction of sp³-hybridized carbons (Fsp3) is 0.167. The van der Waals surface area contributed by atoms with Gasteiger partial charge in [0.15, 0.2) is 5.82 Å². The Bertz CT molecular complexity index is 1030. The molecule has 0 fully saturated rings. The van der Waals surface area contributed by atoms with Crippen LogP contribution in [0, 0.1) is 0 Å². The summed E-state index contributed by atoms with van der Waals surface area (Å²) in [6.07, 6.45) is 2.80. The van der Waals surface area contributed by atoms with Crippen LogP contribution in [0.15, 0.2) is 47.7 Å². The number of aliphatic imine (C=N–C) groups is 1. The van der Waals surface area contributed by atoms with Crippen molar-refractivity contribution < 1.29 is 13.6 Å². The highest BCUT2D eigenvalue weighted by Gasteiger charge is 2.21. The number of alkyl halides is 2. The normalized spacial score (nSPS) is 12.6. The highest BCUT2D eigenvalue weighted by Crippen LogP contribution is 2.27. The average molecular weight is 368 g/mol. The maximum Gasteiger partial charge on any atom is 0.279 e. The number of pyridine rings is 1. The molecule has 3 aromatic rings. The molecular formula is C18H14F2N6O. The van der Waals surface area contributed by atoms with E-state index in [1.165, 1.54) is 17.1 Å². The zero-order valence-electron chi connectivity index (χ0n) is 14.0. The number of halogens is 2. The van der Waals surface area contributed by atoms with Crippen LogP contribution in [0.1, 0.15) is 22.0 Å². The van der Waals surface area contributed by atoms with Crippen molar-refractivity contribution in [1.29, 1.82) is 0 Å². The lowest BCUT2D eigenvalue weighted by atomic mass is 10.1. The molecule has 1 N–H and O–H groups in total. The molecule has 1 aromatic carbocycles. The van der Waals surface area contributed by atoms with Crippen LogP contribution >= 0.6 is 0 Å². The van der Waals surface area contributed by atoms with Gasteiger partial charge in [0.05, 0.1) is 17.3 Å². The van der Waals surface area contributed by atoms with Gasteiger partial charge in [-0.3, -0.25) is 4.79 Å². The minimum atomic E-state index is -0.999. The van der Waals surface area contributed by atoms with Crippen LogP contribution in [-0.2, 0) is 0 Å². The number of aromatic nitrogens is 4. The predicted molar refractivity (Wildman–Crippen MR) is 95.9 cm³/mol. The Morgan fingerprint density at radius 2 is 1.93 bits per heavy atom. The number of carbonyl (C=O) groups is 1. The van der Waals surface area contributed by atoms with Gasteiger partial charge in [0.2, 0.25) is 0 Å². The van der Waals surface area contributed by atoms with Crippen LogP contribution in [-0.4, -0.2) is 45.2 Å². The quantitative estimate of drug-likeness (QED) is 0.722. The lowest BCUT2D eigenvalue weighted by Gasteiger charge is -2.14. The third-order valence-electron chi connectivity index (χ3n) is 4.20. The zero-order valence-corrected chi connectivity index (χ0v) is 14.0. The van der Waals surface area contributed by atoms with Gasteiger partial charge >= 0.3 is 0 Å². The first-order valence-electron chi connectivity index (χ1n) is 8.18. The first-order chi connectivity index (χ1) is 13.2. The van der Waals surface area contributed by atoms with Crippen molar-refractivity contribution in [2.45, 2.75) is 6.04 Å². The Balaban J connectivity index is 1.67. The maximum absolute atomic E-state index is 13.1. The maximum atomic E-state index is 13.1. The Kier molecular flexibility index (Phi) is 4.41. The Morgan fingerprint density at radius 3 is 2.74 bits per heavy atom. The second kappa shape index (κ2) is 7.02. The van der Waals surface area contributed by atoms with Gasteiger partial charge in [-0.2, -0.15) is 0 Å². The fourth-order valence-electron chi connectivity index (χ4n) is 2.86. The molecule has 1 aliphatic rings. The topological polar surface area (TPSA) is 85.1 Å². The second-order valence-corrected chi connectivity index (χ2v) is 5.89. The summed E-state index contributed by atoms with van der Waals surface area (Å²) < 4.78 is 27.4. The van der Waals surface area contributed by atoms with Crippen LogP contribution in [0.3, 0.4) is 0 Å². The van der Waals surface area contributed by atoms with E-state index in [1.807, 2.05) is 0 Å². The summed E-state index contributed by atoms with van der Waals surface area (Å²) >= 11 is 0. The van der Waals surface area contributed by atoms with Crippen molar-refractivity contribution in [3.63, 3.8) is 0 Å². The van der Waals surface area contributed by atoms with Crippen molar-refractivity contribution >= 4 is 23.6 Å². The first kappa shape index (κ1) is 17.0. The average Bonchev–Trinajstić information content (AvgIpc) is 3.31. The second-order valence-electron chi connectivity index (χ2n) is 5.89. The van der Waals surface area contributed by atoms with Gasteiger partial charge in [0.1, 0.15) is 31.2 Å². The van der Waals surface area contributed by atoms with Gasteiger partial charge in [-0.1, -0.05) is 18.2 Å². The van der Waals surface area contributed by atoms with Crippen LogP contribution in [0.25, 0.3) is 11.5 Å². The molecule has 0 spiro atoms. The van der Waals surface area contributed by atoms with Crippen molar-refractivity contribution in [3.05, 3.63) is 53.9 Å². The Labute approximate surface area is 152 Å². The van der Waals surface area contributed by atoms with Gasteiger partial charge in [-0.05, 0) is 18.2 Å². The number of fused-ring (bicyclic) bond motifs is 1. The molecule has 27 heavy (non-hydrogen) atoms. The molecule has 0 unspecified atom stereocenters. The molecule has 0 saturated carbocycles. The van der Waals surface area contributed by atoms with Gasteiger partial charge in [-0.15, -0.1) is 10.2 Å².